The number of fused-ring (bicyclic) bond motifs is 1. The summed E-state index contributed by atoms with van der Waals surface area (Å²) in [5.41, 5.74) is -0.206. The second-order valence-corrected chi connectivity index (χ2v) is 5.25. The molecule has 0 aliphatic carbocycles. The van der Waals surface area contributed by atoms with Gasteiger partial charge in [0.25, 0.3) is 5.56 Å². The summed E-state index contributed by atoms with van der Waals surface area (Å²) in [6.07, 6.45) is 2.05. The Labute approximate surface area is 125 Å². The number of aliphatic hydroxyl groups is 1. The standard InChI is InChI=1S/C13H17N3O4S/c17-4-6-20-5-1-3-14-11(18)8-16-9-15-12-10(13(16)19)2-7-21-12/h2,7,9,17H,1,3-6,8H2,(H,14,18). The number of amides is 1. The molecule has 2 aromatic heterocycles. The van der Waals surface area contributed by atoms with Crippen molar-refractivity contribution < 1.29 is 14.6 Å². The van der Waals surface area contributed by atoms with E-state index in [-0.39, 0.29) is 24.6 Å². The van der Waals surface area contributed by atoms with E-state index in [0.29, 0.717) is 36.4 Å². The van der Waals surface area contributed by atoms with E-state index in [0.717, 1.165) is 0 Å². The number of ether oxygens (including phenoxy) is 1. The summed E-state index contributed by atoms with van der Waals surface area (Å²) >= 11 is 1.40. The van der Waals surface area contributed by atoms with Crippen LogP contribution in [0.3, 0.4) is 0 Å². The van der Waals surface area contributed by atoms with Crippen molar-refractivity contribution in [1.29, 1.82) is 0 Å². The van der Waals surface area contributed by atoms with Crippen LogP contribution in [0.15, 0.2) is 22.6 Å². The van der Waals surface area contributed by atoms with Crippen LogP contribution in [0.4, 0.5) is 0 Å². The van der Waals surface area contributed by atoms with Crippen LogP contribution in [0.5, 0.6) is 0 Å². The fourth-order valence-corrected chi connectivity index (χ4v) is 2.51. The van der Waals surface area contributed by atoms with Gasteiger partial charge in [0, 0.05) is 13.2 Å². The zero-order valence-electron chi connectivity index (χ0n) is 11.4. The van der Waals surface area contributed by atoms with Crippen LogP contribution in [-0.4, -0.2) is 46.9 Å². The van der Waals surface area contributed by atoms with E-state index in [1.807, 2.05) is 0 Å². The van der Waals surface area contributed by atoms with Crippen LogP contribution < -0.4 is 10.9 Å². The monoisotopic (exact) mass is 311 g/mol. The van der Waals surface area contributed by atoms with Crippen molar-refractivity contribution >= 4 is 27.5 Å². The minimum atomic E-state index is -0.240. The van der Waals surface area contributed by atoms with Crippen molar-refractivity contribution in [2.75, 3.05) is 26.4 Å². The van der Waals surface area contributed by atoms with Gasteiger partial charge in [0.2, 0.25) is 5.91 Å². The number of hydrogen-bond donors (Lipinski definition) is 2. The van der Waals surface area contributed by atoms with E-state index >= 15 is 0 Å². The molecule has 0 unspecified atom stereocenters. The molecular weight excluding hydrogens is 294 g/mol. The number of carbonyl (C=O) groups is 1. The lowest BCUT2D eigenvalue weighted by atomic mass is 10.4. The third-order valence-electron chi connectivity index (χ3n) is 2.79. The summed E-state index contributed by atoms with van der Waals surface area (Å²) < 4.78 is 6.37. The second-order valence-electron chi connectivity index (χ2n) is 4.36. The van der Waals surface area contributed by atoms with Gasteiger partial charge in [0.1, 0.15) is 11.4 Å². The van der Waals surface area contributed by atoms with Crippen LogP contribution in [0.2, 0.25) is 0 Å². The van der Waals surface area contributed by atoms with Gasteiger partial charge in [-0.25, -0.2) is 4.98 Å². The second kappa shape index (κ2) is 7.87. The zero-order valence-corrected chi connectivity index (χ0v) is 12.3. The maximum Gasteiger partial charge on any atom is 0.262 e. The Morgan fingerprint density at radius 3 is 3.14 bits per heavy atom. The van der Waals surface area contributed by atoms with E-state index < -0.39 is 0 Å². The highest BCUT2D eigenvalue weighted by atomic mass is 32.1. The molecule has 0 saturated heterocycles. The molecule has 0 saturated carbocycles. The fraction of sp³-hybridized carbons (Fsp3) is 0.462. The van der Waals surface area contributed by atoms with E-state index in [1.165, 1.54) is 22.2 Å². The molecule has 7 nitrogen and oxygen atoms in total. The summed E-state index contributed by atoms with van der Waals surface area (Å²) in [5.74, 6) is -0.240. The van der Waals surface area contributed by atoms with Gasteiger partial charge in [-0.05, 0) is 17.9 Å². The Kier molecular flexibility index (Phi) is 5.85. The smallest absolute Gasteiger partial charge is 0.262 e. The fourth-order valence-electron chi connectivity index (χ4n) is 1.79. The lowest BCUT2D eigenvalue weighted by Gasteiger charge is -2.07. The maximum absolute atomic E-state index is 12.1. The Hall–Kier alpha value is -1.77. The summed E-state index contributed by atoms with van der Waals surface area (Å²) in [5, 5.41) is 13.6. The highest BCUT2D eigenvalue weighted by Crippen LogP contribution is 2.12. The number of aromatic nitrogens is 2. The first-order valence-corrected chi connectivity index (χ1v) is 7.48. The van der Waals surface area contributed by atoms with Crippen molar-refractivity contribution in [3.05, 3.63) is 28.1 Å². The van der Waals surface area contributed by atoms with Crippen molar-refractivity contribution in [3.63, 3.8) is 0 Å². The molecular formula is C13H17N3O4S. The minimum Gasteiger partial charge on any atom is -0.394 e. The van der Waals surface area contributed by atoms with Crippen LogP contribution >= 0.6 is 11.3 Å². The van der Waals surface area contributed by atoms with Gasteiger partial charge in [0.15, 0.2) is 0 Å². The molecule has 0 atom stereocenters. The van der Waals surface area contributed by atoms with E-state index in [2.05, 4.69) is 10.3 Å². The first-order chi connectivity index (χ1) is 10.2. The number of nitrogens with zero attached hydrogens (tertiary/aromatic N) is 2. The predicted molar refractivity (Wildman–Crippen MR) is 79.4 cm³/mol. The van der Waals surface area contributed by atoms with Crippen molar-refractivity contribution in [3.8, 4) is 0 Å². The topological polar surface area (TPSA) is 93.5 Å². The molecule has 0 bridgehead atoms. The largest absolute Gasteiger partial charge is 0.394 e. The molecule has 0 aliphatic heterocycles. The number of nitrogens with one attached hydrogen (secondary N) is 1. The Morgan fingerprint density at radius 2 is 2.33 bits per heavy atom. The van der Waals surface area contributed by atoms with E-state index in [4.69, 9.17) is 9.84 Å². The lowest BCUT2D eigenvalue weighted by Crippen LogP contribution is -2.33. The number of thiophene rings is 1. The predicted octanol–water partition coefficient (Wildman–Crippen LogP) is -0.0268. The molecule has 0 spiro atoms. The number of hydrogen-bond acceptors (Lipinski definition) is 6. The Bertz CT molecular complexity index is 652. The quantitative estimate of drug-likeness (QED) is 0.668. The molecule has 0 aliphatic rings. The molecule has 114 valence electrons. The van der Waals surface area contributed by atoms with Crippen molar-refractivity contribution in [1.82, 2.24) is 14.9 Å². The average Bonchev–Trinajstić information content (AvgIpc) is 2.95. The molecule has 0 fully saturated rings. The van der Waals surface area contributed by atoms with E-state index in [9.17, 15) is 9.59 Å². The number of aliphatic hydroxyl groups excluding tert-OH is 1. The molecule has 0 radical (unpaired) electrons. The van der Waals surface area contributed by atoms with Gasteiger partial charge in [0.05, 0.1) is 24.9 Å². The van der Waals surface area contributed by atoms with Crippen LogP contribution in [0.1, 0.15) is 6.42 Å². The molecule has 8 heteroatoms. The van der Waals surface area contributed by atoms with Crippen molar-refractivity contribution in [2.24, 2.45) is 0 Å². The molecule has 2 N–H and O–H groups in total. The third-order valence-corrected chi connectivity index (χ3v) is 3.61. The van der Waals surface area contributed by atoms with Crippen molar-refractivity contribution in [2.45, 2.75) is 13.0 Å². The van der Waals surface area contributed by atoms with Gasteiger partial charge in [-0.1, -0.05) is 0 Å². The molecule has 2 aromatic rings. The van der Waals surface area contributed by atoms with Crippen LogP contribution in [0.25, 0.3) is 10.2 Å². The number of rotatable bonds is 8. The Balaban J connectivity index is 1.81. The van der Waals surface area contributed by atoms with Gasteiger partial charge in [-0.15, -0.1) is 11.3 Å². The molecule has 1 amide bonds. The summed E-state index contributed by atoms with van der Waals surface area (Å²) in [6, 6.07) is 1.71. The van der Waals surface area contributed by atoms with Gasteiger partial charge < -0.3 is 15.2 Å². The molecule has 21 heavy (non-hydrogen) atoms. The third kappa shape index (κ3) is 4.35. The highest BCUT2D eigenvalue weighted by Gasteiger charge is 2.08. The summed E-state index contributed by atoms with van der Waals surface area (Å²) in [7, 11) is 0. The zero-order chi connectivity index (χ0) is 15.1. The first kappa shape index (κ1) is 15.6. The highest BCUT2D eigenvalue weighted by molar-refractivity contribution is 7.16. The van der Waals surface area contributed by atoms with Gasteiger partial charge in [-0.3, -0.25) is 14.2 Å². The first-order valence-electron chi connectivity index (χ1n) is 6.60. The van der Waals surface area contributed by atoms with Gasteiger partial charge >= 0.3 is 0 Å². The van der Waals surface area contributed by atoms with Crippen LogP contribution in [0, 0.1) is 0 Å². The molecule has 2 heterocycles. The molecule has 0 aromatic carbocycles. The minimum absolute atomic E-state index is 0.00661. The molecule has 2 rings (SSSR count). The SMILES string of the molecule is O=C(Cn1cnc2sccc2c1=O)NCCCOCCO. The van der Waals surface area contributed by atoms with Crippen LogP contribution in [-0.2, 0) is 16.1 Å². The summed E-state index contributed by atoms with van der Waals surface area (Å²) in [6.45, 7) is 1.19. The normalized spacial score (nSPS) is 10.9. The summed E-state index contributed by atoms with van der Waals surface area (Å²) in [4.78, 5) is 28.7. The van der Waals surface area contributed by atoms with Gasteiger partial charge in [-0.2, -0.15) is 0 Å². The number of carbonyl (C=O) groups excluding carboxylic acids is 1. The average molecular weight is 311 g/mol. The van der Waals surface area contributed by atoms with E-state index in [1.54, 1.807) is 11.4 Å². The maximum atomic E-state index is 12.1. The lowest BCUT2D eigenvalue weighted by molar-refractivity contribution is -0.121. The Morgan fingerprint density at radius 1 is 1.48 bits per heavy atom.